The highest BCUT2D eigenvalue weighted by Gasteiger charge is 2.19. The molecule has 1 aromatic rings. The van der Waals surface area contributed by atoms with Gasteiger partial charge in [-0.25, -0.2) is 13.1 Å². The van der Waals surface area contributed by atoms with Crippen LogP contribution in [0.5, 0.6) is 0 Å². The molecule has 0 fully saturated rings. The molecular formula is C9H17N3O3S. The third-order valence-corrected chi connectivity index (χ3v) is 3.66. The van der Waals surface area contributed by atoms with E-state index < -0.39 is 10.0 Å². The van der Waals surface area contributed by atoms with Gasteiger partial charge in [0, 0.05) is 12.1 Å². The number of aliphatic hydroxyl groups excluding tert-OH is 1. The monoisotopic (exact) mass is 247 g/mol. The van der Waals surface area contributed by atoms with Crippen molar-refractivity contribution in [1.29, 1.82) is 0 Å². The smallest absolute Gasteiger partial charge is 0.257 e. The van der Waals surface area contributed by atoms with Gasteiger partial charge in [-0.3, -0.25) is 5.10 Å². The van der Waals surface area contributed by atoms with Gasteiger partial charge in [-0.1, -0.05) is 19.8 Å². The molecule has 1 aromatic heterocycles. The highest BCUT2D eigenvalue weighted by Crippen LogP contribution is 2.11. The number of hydrogen-bond acceptors (Lipinski definition) is 4. The van der Waals surface area contributed by atoms with E-state index in [1.165, 1.54) is 6.20 Å². The van der Waals surface area contributed by atoms with Crippen LogP contribution in [0.4, 0.5) is 0 Å². The molecule has 0 aliphatic rings. The van der Waals surface area contributed by atoms with Crippen molar-refractivity contribution in [2.24, 2.45) is 0 Å². The largest absolute Gasteiger partial charge is 0.392 e. The molecule has 7 heteroatoms. The van der Waals surface area contributed by atoms with Crippen LogP contribution in [-0.4, -0.2) is 30.3 Å². The molecule has 0 aliphatic carbocycles. The lowest BCUT2D eigenvalue weighted by molar-refractivity contribution is 0.278. The summed E-state index contributed by atoms with van der Waals surface area (Å²) in [5.74, 6) is 0. The Balaban J connectivity index is 2.64. The van der Waals surface area contributed by atoms with Crippen molar-refractivity contribution in [2.75, 3.05) is 6.54 Å². The molecule has 0 saturated carbocycles. The van der Waals surface area contributed by atoms with E-state index in [9.17, 15) is 8.42 Å². The molecule has 1 heterocycles. The summed E-state index contributed by atoms with van der Waals surface area (Å²) in [6.45, 7) is 2.11. The van der Waals surface area contributed by atoms with E-state index in [2.05, 4.69) is 14.9 Å². The summed E-state index contributed by atoms with van der Waals surface area (Å²) in [6, 6.07) is 0. The number of nitrogens with zero attached hydrogens (tertiary/aromatic N) is 1. The first-order chi connectivity index (χ1) is 7.61. The van der Waals surface area contributed by atoms with Crippen molar-refractivity contribution in [1.82, 2.24) is 14.9 Å². The Morgan fingerprint density at radius 2 is 2.25 bits per heavy atom. The number of aliphatic hydroxyl groups is 1. The van der Waals surface area contributed by atoms with Crippen molar-refractivity contribution < 1.29 is 13.5 Å². The maximum absolute atomic E-state index is 11.7. The Hall–Kier alpha value is -0.920. The number of aromatic amines is 1. The first-order valence-electron chi connectivity index (χ1n) is 5.24. The standard InChI is InChI=1S/C9H17N3O3S/c1-2-3-4-5-11-16(14,15)9-8(7-13)6-10-12-9/h6,11,13H,2-5,7H2,1H3,(H,10,12). The van der Waals surface area contributed by atoms with Crippen LogP contribution in [0.25, 0.3) is 0 Å². The summed E-state index contributed by atoms with van der Waals surface area (Å²) >= 11 is 0. The van der Waals surface area contributed by atoms with Crippen LogP contribution in [0.15, 0.2) is 11.2 Å². The Morgan fingerprint density at radius 1 is 1.50 bits per heavy atom. The molecule has 0 aliphatic heterocycles. The highest BCUT2D eigenvalue weighted by molar-refractivity contribution is 7.89. The molecule has 0 spiro atoms. The third kappa shape index (κ3) is 3.29. The van der Waals surface area contributed by atoms with E-state index >= 15 is 0 Å². The predicted molar refractivity (Wildman–Crippen MR) is 59.2 cm³/mol. The van der Waals surface area contributed by atoms with E-state index in [4.69, 9.17) is 5.11 Å². The summed E-state index contributed by atoms with van der Waals surface area (Å²) in [5.41, 5.74) is 0.281. The van der Waals surface area contributed by atoms with Gasteiger partial charge in [0.15, 0.2) is 5.03 Å². The molecule has 0 atom stereocenters. The molecule has 0 amide bonds. The quantitative estimate of drug-likeness (QED) is 0.607. The molecule has 0 bridgehead atoms. The van der Waals surface area contributed by atoms with Crippen LogP contribution in [0.3, 0.4) is 0 Å². The van der Waals surface area contributed by atoms with E-state index in [1.54, 1.807) is 0 Å². The highest BCUT2D eigenvalue weighted by atomic mass is 32.2. The van der Waals surface area contributed by atoms with Crippen LogP contribution in [0.2, 0.25) is 0 Å². The third-order valence-electron chi connectivity index (χ3n) is 2.19. The zero-order valence-electron chi connectivity index (χ0n) is 9.23. The Morgan fingerprint density at radius 3 is 2.88 bits per heavy atom. The molecule has 0 unspecified atom stereocenters. The fourth-order valence-electron chi connectivity index (χ4n) is 1.30. The summed E-state index contributed by atoms with van der Waals surface area (Å²) < 4.78 is 25.9. The van der Waals surface area contributed by atoms with Gasteiger partial charge in [0.2, 0.25) is 0 Å². The number of unbranched alkanes of at least 4 members (excludes halogenated alkanes) is 2. The molecule has 16 heavy (non-hydrogen) atoms. The van der Waals surface area contributed by atoms with E-state index in [-0.39, 0.29) is 17.2 Å². The first-order valence-corrected chi connectivity index (χ1v) is 6.73. The average molecular weight is 247 g/mol. The number of hydrogen-bond donors (Lipinski definition) is 3. The second-order valence-electron chi connectivity index (χ2n) is 3.49. The van der Waals surface area contributed by atoms with Gasteiger partial charge in [0.1, 0.15) is 0 Å². The summed E-state index contributed by atoms with van der Waals surface area (Å²) in [6.07, 6.45) is 4.13. The lowest BCUT2D eigenvalue weighted by Gasteiger charge is -2.05. The predicted octanol–water partition coefficient (Wildman–Crippen LogP) is 0.370. The second kappa shape index (κ2) is 5.97. The van der Waals surface area contributed by atoms with Gasteiger partial charge in [-0.2, -0.15) is 5.10 Å². The minimum absolute atomic E-state index is 0.0495. The zero-order chi connectivity index (χ0) is 12.0. The van der Waals surface area contributed by atoms with Crippen LogP contribution in [0.1, 0.15) is 31.7 Å². The Labute approximate surface area is 95.1 Å². The molecule has 1 rings (SSSR count). The van der Waals surface area contributed by atoms with E-state index in [0.29, 0.717) is 6.54 Å². The topological polar surface area (TPSA) is 95.1 Å². The molecule has 0 saturated heterocycles. The number of aromatic nitrogens is 2. The van der Waals surface area contributed by atoms with Gasteiger partial charge in [0.05, 0.1) is 12.8 Å². The second-order valence-corrected chi connectivity index (χ2v) is 5.19. The normalized spacial score (nSPS) is 11.9. The van der Waals surface area contributed by atoms with Gasteiger partial charge in [-0.15, -0.1) is 0 Å². The fraction of sp³-hybridized carbons (Fsp3) is 0.667. The summed E-state index contributed by atoms with van der Waals surface area (Å²) in [7, 11) is -3.57. The van der Waals surface area contributed by atoms with Crippen molar-refractivity contribution in [3.8, 4) is 0 Å². The minimum Gasteiger partial charge on any atom is -0.392 e. The maximum Gasteiger partial charge on any atom is 0.257 e. The fourth-order valence-corrected chi connectivity index (χ4v) is 2.49. The molecule has 0 radical (unpaired) electrons. The van der Waals surface area contributed by atoms with Gasteiger partial charge in [-0.05, 0) is 6.42 Å². The molecule has 0 aromatic carbocycles. The van der Waals surface area contributed by atoms with Gasteiger partial charge in [0.25, 0.3) is 10.0 Å². The van der Waals surface area contributed by atoms with Crippen LogP contribution in [-0.2, 0) is 16.6 Å². The van der Waals surface area contributed by atoms with Crippen molar-refractivity contribution in [2.45, 2.75) is 37.8 Å². The van der Waals surface area contributed by atoms with Crippen LogP contribution < -0.4 is 4.72 Å². The van der Waals surface area contributed by atoms with Crippen molar-refractivity contribution in [3.63, 3.8) is 0 Å². The van der Waals surface area contributed by atoms with Crippen LogP contribution in [0, 0.1) is 0 Å². The first kappa shape index (κ1) is 13.1. The molecular weight excluding hydrogens is 230 g/mol. The zero-order valence-corrected chi connectivity index (χ0v) is 10.0. The lowest BCUT2D eigenvalue weighted by Crippen LogP contribution is -2.26. The summed E-state index contributed by atoms with van der Waals surface area (Å²) in [4.78, 5) is 0. The molecule has 92 valence electrons. The van der Waals surface area contributed by atoms with Gasteiger partial charge >= 0.3 is 0 Å². The average Bonchev–Trinajstić information content (AvgIpc) is 2.73. The lowest BCUT2D eigenvalue weighted by atomic mass is 10.3. The Bertz CT molecular complexity index is 413. The maximum atomic E-state index is 11.7. The number of rotatable bonds is 7. The van der Waals surface area contributed by atoms with Gasteiger partial charge < -0.3 is 5.11 Å². The number of sulfonamides is 1. The number of nitrogens with one attached hydrogen (secondary N) is 2. The molecule has 3 N–H and O–H groups in total. The Kier molecular flexibility index (Phi) is 4.91. The molecule has 6 nitrogen and oxygen atoms in total. The van der Waals surface area contributed by atoms with Crippen molar-refractivity contribution >= 4 is 10.0 Å². The van der Waals surface area contributed by atoms with E-state index in [0.717, 1.165) is 19.3 Å². The number of H-pyrrole nitrogens is 1. The summed E-state index contributed by atoms with van der Waals surface area (Å²) in [5, 5.41) is 14.9. The van der Waals surface area contributed by atoms with Crippen LogP contribution >= 0.6 is 0 Å². The van der Waals surface area contributed by atoms with Crippen molar-refractivity contribution in [3.05, 3.63) is 11.8 Å². The van der Waals surface area contributed by atoms with E-state index in [1.807, 2.05) is 6.92 Å². The SMILES string of the molecule is CCCCCNS(=O)(=O)c1[nH]ncc1CO. The minimum atomic E-state index is -3.57.